The molecule has 0 aliphatic carbocycles. The van der Waals surface area contributed by atoms with Crippen LogP contribution >= 0.6 is 0 Å². The minimum absolute atomic E-state index is 0.0290. The van der Waals surface area contributed by atoms with Gasteiger partial charge in [0.15, 0.2) is 5.82 Å². The van der Waals surface area contributed by atoms with Crippen molar-refractivity contribution in [2.24, 2.45) is 0 Å². The molecule has 1 aromatic heterocycles. The van der Waals surface area contributed by atoms with Gasteiger partial charge in [-0.3, -0.25) is 0 Å². The van der Waals surface area contributed by atoms with Gasteiger partial charge in [0.25, 0.3) is 5.89 Å². The number of aromatic nitrogens is 2. The third-order valence-corrected chi connectivity index (χ3v) is 7.36. The number of benzene rings is 2. The number of halogens is 1. The summed E-state index contributed by atoms with van der Waals surface area (Å²) >= 11 is 0. The molecule has 30 heavy (non-hydrogen) atoms. The van der Waals surface area contributed by atoms with E-state index in [1.165, 1.54) is 16.4 Å². The fourth-order valence-electron chi connectivity index (χ4n) is 3.73. The minimum Gasteiger partial charge on any atom is -0.334 e. The molecule has 1 fully saturated rings. The maximum Gasteiger partial charge on any atom is 0.257 e. The summed E-state index contributed by atoms with van der Waals surface area (Å²) in [5.74, 6) is 0.607. The normalized spacial score (nSPS) is 16.1. The molecule has 6 nitrogen and oxygen atoms in total. The van der Waals surface area contributed by atoms with Crippen LogP contribution in [0.4, 0.5) is 4.39 Å². The predicted octanol–water partition coefficient (Wildman–Crippen LogP) is 4.40. The second-order valence-electron chi connectivity index (χ2n) is 7.54. The lowest BCUT2D eigenvalue weighted by Crippen LogP contribution is -2.38. The van der Waals surface area contributed by atoms with Crippen molar-refractivity contribution in [3.8, 4) is 11.5 Å². The van der Waals surface area contributed by atoms with E-state index in [-0.39, 0.29) is 11.7 Å². The summed E-state index contributed by atoms with van der Waals surface area (Å²) in [6, 6.07) is 13.0. The maximum absolute atomic E-state index is 13.1. The van der Waals surface area contributed by atoms with Gasteiger partial charge >= 0.3 is 0 Å². The fourth-order valence-corrected chi connectivity index (χ4v) is 5.20. The quantitative estimate of drug-likeness (QED) is 0.581. The van der Waals surface area contributed by atoms with Crippen molar-refractivity contribution in [1.82, 2.24) is 14.4 Å². The third kappa shape index (κ3) is 4.29. The molecule has 0 unspecified atom stereocenters. The van der Waals surface area contributed by atoms with Gasteiger partial charge in [-0.15, -0.1) is 0 Å². The van der Waals surface area contributed by atoms with E-state index in [9.17, 15) is 12.8 Å². The van der Waals surface area contributed by atoms with Gasteiger partial charge < -0.3 is 4.52 Å². The molecule has 3 aromatic rings. The second kappa shape index (κ2) is 8.65. The average Bonchev–Trinajstić information content (AvgIpc) is 3.25. The zero-order valence-electron chi connectivity index (χ0n) is 16.8. The summed E-state index contributed by atoms with van der Waals surface area (Å²) < 4.78 is 45.9. The highest BCUT2D eigenvalue weighted by molar-refractivity contribution is 7.89. The lowest BCUT2D eigenvalue weighted by molar-refractivity contribution is 0.307. The number of nitrogens with zero attached hydrogens (tertiary/aromatic N) is 3. The molecular formula is C22H24FN3O3S. The van der Waals surface area contributed by atoms with E-state index in [1.807, 2.05) is 12.1 Å². The maximum atomic E-state index is 13.1. The van der Waals surface area contributed by atoms with Gasteiger partial charge in [0, 0.05) is 24.6 Å². The number of sulfonamides is 1. The van der Waals surface area contributed by atoms with Gasteiger partial charge in [-0.05, 0) is 61.2 Å². The standard InChI is InChI=1S/C22H24FN3O3S/c1-2-3-16-4-10-20(11-5-16)30(27,28)26-14-12-17(13-15-26)21-24-22(29-25-21)18-6-8-19(23)9-7-18/h4-11,17H,2-3,12-15H2,1H3. The Hall–Kier alpha value is -2.58. The summed E-state index contributed by atoms with van der Waals surface area (Å²) in [4.78, 5) is 4.77. The monoisotopic (exact) mass is 429 g/mol. The lowest BCUT2D eigenvalue weighted by Gasteiger charge is -2.29. The van der Waals surface area contributed by atoms with Crippen LogP contribution in [0.25, 0.3) is 11.5 Å². The van der Waals surface area contributed by atoms with Gasteiger partial charge in [0.1, 0.15) is 5.82 Å². The molecular weight excluding hydrogens is 405 g/mol. The molecule has 1 saturated heterocycles. The van der Waals surface area contributed by atoms with Crippen molar-refractivity contribution in [1.29, 1.82) is 0 Å². The van der Waals surface area contributed by atoms with E-state index < -0.39 is 10.0 Å². The van der Waals surface area contributed by atoms with Crippen LogP contribution in [0.3, 0.4) is 0 Å². The van der Waals surface area contributed by atoms with Gasteiger partial charge in [-0.2, -0.15) is 9.29 Å². The summed E-state index contributed by atoms with van der Waals surface area (Å²) in [7, 11) is -3.51. The molecule has 4 rings (SSSR count). The van der Waals surface area contributed by atoms with E-state index in [1.54, 1.807) is 24.3 Å². The first-order valence-electron chi connectivity index (χ1n) is 10.2. The Kier molecular flexibility index (Phi) is 5.97. The fraction of sp³-hybridized carbons (Fsp3) is 0.364. The van der Waals surface area contributed by atoms with Crippen molar-refractivity contribution < 1.29 is 17.3 Å². The van der Waals surface area contributed by atoms with Gasteiger partial charge in [-0.25, -0.2) is 12.8 Å². The Morgan fingerprint density at radius 1 is 1.07 bits per heavy atom. The Bertz CT molecular complexity index is 1090. The van der Waals surface area contributed by atoms with Crippen LogP contribution in [0.1, 0.15) is 43.5 Å². The topological polar surface area (TPSA) is 76.3 Å². The van der Waals surface area contributed by atoms with E-state index in [2.05, 4.69) is 17.1 Å². The van der Waals surface area contributed by atoms with Gasteiger partial charge in [0.2, 0.25) is 10.0 Å². The minimum atomic E-state index is -3.51. The smallest absolute Gasteiger partial charge is 0.257 e. The molecule has 0 atom stereocenters. The Morgan fingerprint density at radius 3 is 2.37 bits per heavy atom. The predicted molar refractivity (Wildman–Crippen MR) is 111 cm³/mol. The number of hydrogen-bond acceptors (Lipinski definition) is 5. The van der Waals surface area contributed by atoms with Crippen LogP contribution in [0, 0.1) is 5.82 Å². The highest BCUT2D eigenvalue weighted by Gasteiger charge is 2.31. The van der Waals surface area contributed by atoms with Crippen LogP contribution in [0.15, 0.2) is 57.9 Å². The molecule has 0 radical (unpaired) electrons. The Labute approximate surface area is 175 Å². The van der Waals surface area contributed by atoms with E-state index in [0.717, 1.165) is 18.4 Å². The summed E-state index contributed by atoms with van der Waals surface area (Å²) in [5, 5.41) is 4.06. The van der Waals surface area contributed by atoms with E-state index >= 15 is 0 Å². The SMILES string of the molecule is CCCc1ccc(S(=O)(=O)N2CCC(c3noc(-c4ccc(F)cc4)n3)CC2)cc1. The van der Waals surface area contributed by atoms with E-state index in [4.69, 9.17) is 4.52 Å². The van der Waals surface area contributed by atoms with Crippen LogP contribution in [-0.2, 0) is 16.4 Å². The van der Waals surface area contributed by atoms with Gasteiger partial charge in [-0.1, -0.05) is 30.6 Å². The molecule has 2 heterocycles. The molecule has 0 saturated carbocycles. The Morgan fingerprint density at radius 2 is 1.73 bits per heavy atom. The summed E-state index contributed by atoms with van der Waals surface area (Å²) in [5.41, 5.74) is 1.80. The molecule has 0 amide bonds. The molecule has 158 valence electrons. The first-order valence-corrected chi connectivity index (χ1v) is 11.6. The highest BCUT2D eigenvalue weighted by Crippen LogP contribution is 2.30. The average molecular weight is 430 g/mol. The zero-order valence-corrected chi connectivity index (χ0v) is 17.6. The first kappa shape index (κ1) is 20.7. The second-order valence-corrected chi connectivity index (χ2v) is 9.47. The van der Waals surface area contributed by atoms with Crippen molar-refractivity contribution in [2.45, 2.75) is 43.4 Å². The van der Waals surface area contributed by atoms with Gasteiger partial charge in [0.05, 0.1) is 4.90 Å². The number of aryl methyl sites for hydroxylation is 1. The lowest BCUT2D eigenvalue weighted by atomic mass is 9.97. The number of piperidine rings is 1. The largest absolute Gasteiger partial charge is 0.334 e. The highest BCUT2D eigenvalue weighted by atomic mass is 32.2. The molecule has 0 N–H and O–H groups in total. The number of hydrogen-bond donors (Lipinski definition) is 0. The van der Waals surface area contributed by atoms with Crippen LogP contribution in [0.2, 0.25) is 0 Å². The van der Waals surface area contributed by atoms with Crippen molar-refractivity contribution >= 4 is 10.0 Å². The van der Waals surface area contributed by atoms with Crippen LogP contribution < -0.4 is 0 Å². The van der Waals surface area contributed by atoms with E-state index in [0.29, 0.717) is 48.1 Å². The zero-order chi connectivity index (χ0) is 21.1. The Balaban J connectivity index is 1.41. The number of rotatable bonds is 6. The van der Waals surface area contributed by atoms with Crippen molar-refractivity contribution in [3.05, 3.63) is 65.7 Å². The molecule has 2 aromatic carbocycles. The molecule has 0 bridgehead atoms. The van der Waals surface area contributed by atoms with Crippen molar-refractivity contribution in [3.63, 3.8) is 0 Å². The third-order valence-electron chi connectivity index (χ3n) is 5.45. The van der Waals surface area contributed by atoms with Crippen molar-refractivity contribution in [2.75, 3.05) is 13.1 Å². The first-order chi connectivity index (χ1) is 14.5. The molecule has 8 heteroatoms. The molecule has 1 aliphatic rings. The molecule has 0 spiro atoms. The summed E-state index contributed by atoms with van der Waals surface area (Å²) in [6.07, 6.45) is 3.21. The molecule has 1 aliphatic heterocycles. The summed E-state index contributed by atoms with van der Waals surface area (Å²) in [6.45, 7) is 2.91. The van der Waals surface area contributed by atoms with Crippen LogP contribution in [-0.4, -0.2) is 36.0 Å². The van der Waals surface area contributed by atoms with Crippen LogP contribution in [0.5, 0.6) is 0 Å².